The van der Waals surface area contributed by atoms with E-state index >= 15 is 0 Å². The van der Waals surface area contributed by atoms with Crippen LogP contribution in [0.2, 0.25) is 0 Å². The molecule has 0 radical (unpaired) electrons. The second-order valence-electron chi connectivity index (χ2n) is 10.3. The van der Waals surface area contributed by atoms with Crippen molar-refractivity contribution in [3.8, 4) is 0 Å². The summed E-state index contributed by atoms with van der Waals surface area (Å²) in [5.74, 6) is -1.23. The first-order valence-corrected chi connectivity index (χ1v) is 13.1. The number of piperazine rings is 1. The Kier molecular flexibility index (Phi) is 11.6. The molecule has 37 heavy (non-hydrogen) atoms. The number of hydrogen-bond donors (Lipinski definition) is 3. The van der Waals surface area contributed by atoms with Gasteiger partial charge in [-0.25, -0.2) is 4.79 Å². The molecule has 1 aromatic heterocycles. The quantitative estimate of drug-likeness (QED) is 0.448. The summed E-state index contributed by atoms with van der Waals surface area (Å²) in [7, 11) is 0. The maximum atomic E-state index is 13.7. The van der Waals surface area contributed by atoms with Crippen LogP contribution in [0, 0.1) is 5.92 Å². The highest BCUT2D eigenvalue weighted by atomic mass is 35.5. The van der Waals surface area contributed by atoms with Gasteiger partial charge in [-0.2, -0.15) is 0 Å². The monoisotopic (exact) mass is 558 g/mol. The molecular weight excluding hydrogens is 519 g/mol. The van der Waals surface area contributed by atoms with Crippen molar-refractivity contribution in [1.82, 2.24) is 20.1 Å². The number of carboxylic acid groups (broad SMARTS) is 1. The lowest BCUT2D eigenvalue weighted by molar-refractivity contribution is -0.166. The molecule has 3 aliphatic rings. The van der Waals surface area contributed by atoms with Crippen molar-refractivity contribution in [2.24, 2.45) is 5.92 Å². The smallest absolute Gasteiger partial charge is 0.337 e. The molecule has 9 nitrogen and oxygen atoms in total. The lowest BCUT2D eigenvalue weighted by Crippen LogP contribution is -2.75. The van der Waals surface area contributed by atoms with Crippen molar-refractivity contribution in [1.29, 1.82) is 0 Å². The van der Waals surface area contributed by atoms with Crippen molar-refractivity contribution < 1.29 is 24.6 Å². The molecule has 4 rings (SSSR count). The molecule has 208 valence electrons. The number of pyridine rings is 1. The number of likely N-dealkylation sites (tertiary alicyclic amines) is 1. The zero-order valence-electron chi connectivity index (χ0n) is 21.4. The summed E-state index contributed by atoms with van der Waals surface area (Å²) < 4.78 is 0. The predicted molar refractivity (Wildman–Crippen MR) is 144 cm³/mol. The summed E-state index contributed by atoms with van der Waals surface area (Å²) in [6.07, 6.45) is 8.38. The van der Waals surface area contributed by atoms with E-state index in [0.717, 1.165) is 50.6 Å². The Labute approximate surface area is 231 Å². The molecule has 3 heterocycles. The van der Waals surface area contributed by atoms with Crippen LogP contribution in [0.15, 0.2) is 18.3 Å². The van der Waals surface area contributed by atoms with E-state index in [9.17, 15) is 19.5 Å². The van der Waals surface area contributed by atoms with Crippen LogP contribution in [0.1, 0.15) is 80.8 Å². The molecule has 1 saturated carbocycles. The number of piperidine rings is 1. The minimum absolute atomic E-state index is 0. The highest BCUT2D eigenvalue weighted by Gasteiger charge is 2.55. The van der Waals surface area contributed by atoms with Crippen LogP contribution in [0.4, 0.5) is 0 Å². The number of carbonyl (C=O) groups excluding carboxylic acids is 2. The summed E-state index contributed by atoms with van der Waals surface area (Å²) in [5, 5.41) is 23.1. The predicted octanol–water partition coefficient (Wildman–Crippen LogP) is 3.03. The molecular formula is C26H40Cl2N4O5. The highest BCUT2D eigenvalue weighted by Crippen LogP contribution is 2.36. The Bertz CT molecular complexity index is 918. The number of carbonyl (C=O) groups is 3. The Morgan fingerprint density at radius 2 is 1.84 bits per heavy atom. The van der Waals surface area contributed by atoms with Crippen LogP contribution in [0.25, 0.3) is 0 Å². The largest absolute Gasteiger partial charge is 0.478 e. The molecule has 2 aliphatic heterocycles. The molecule has 1 aliphatic carbocycles. The number of nitrogens with one attached hydrogen (secondary N) is 1. The van der Waals surface area contributed by atoms with E-state index < -0.39 is 23.7 Å². The molecule has 3 fully saturated rings. The topological polar surface area (TPSA) is 123 Å². The molecule has 1 spiro atoms. The number of hydrogen-bond acceptors (Lipinski definition) is 6. The van der Waals surface area contributed by atoms with Crippen molar-refractivity contribution in [3.05, 3.63) is 29.6 Å². The van der Waals surface area contributed by atoms with Gasteiger partial charge in [-0.15, -0.1) is 24.8 Å². The molecule has 11 heteroatoms. The summed E-state index contributed by atoms with van der Waals surface area (Å²) in [5.41, 5.74) is 0.0421. The van der Waals surface area contributed by atoms with Crippen LogP contribution < -0.4 is 5.32 Å². The van der Waals surface area contributed by atoms with Gasteiger partial charge >= 0.3 is 5.97 Å². The molecule has 0 aromatic carbocycles. The summed E-state index contributed by atoms with van der Waals surface area (Å²) in [6, 6.07) is 2.41. The lowest BCUT2D eigenvalue weighted by Gasteiger charge is -2.52. The van der Waals surface area contributed by atoms with Crippen molar-refractivity contribution in [2.75, 3.05) is 19.6 Å². The zero-order valence-corrected chi connectivity index (χ0v) is 23.1. The van der Waals surface area contributed by atoms with Gasteiger partial charge in [0.15, 0.2) is 0 Å². The lowest BCUT2D eigenvalue weighted by atomic mass is 9.78. The molecule has 1 aromatic rings. The van der Waals surface area contributed by atoms with Crippen LogP contribution >= 0.6 is 24.8 Å². The zero-order chi connectivity index (χ0) is 25.0. The maximum Gasteiger partial charge on any atom is 0.337 e. The van der Waals surface area contributed by atoms with E-state index in [0.29, 0.717) is 39.0 Å². The summed E-state index contributed by atoms with van der Waals surface area (Å²) >= 11 is 0. The average molecular weight is 560 g/mol. The minimum atomic E-state index is -1.00. The van der Waals surface area contributed by atoms with Gasteiger partial charge in [0, 0.05) is 32.4 Å². The Hall–Kier alpha value is -1.94. The van der Waals surface area contributed by atoms with Crippen molar-refractivity contribution >= 4 is 42.6 Å². The Balaban J connectivity index is 0.00000241. The number of aliphatic hydroxyl groups excluding tert-OH is 1. The maximum absolute atomic E-state index is 13.7. The highest BCUT2D eigenvalue weighted by molar-refractivity contribution is 6.00. The summed E-state index contributed by atoms with van der Waals surface area (Å²) in [6.45, 7) is 4.40. The fourth-order valence-electron chi connectivity index (χ4n) is 5.91. The Morgan fingerprint density at radius 3 is 2.41 bits per heavy atom. The molecule has 2 saturated heterocycles. The normalized spacial score (nSPS) is 23.1. The second kappa shape index (κ2) is 13.7. The van der Waals surface area contributed by atoms with Crippen molar-refractivity contribution in [3.63, 3.8) is 0 Å². The number of carboxylic acids is 1. The molecule has 0 bridgehead atoms. The fourth-order valence-corrected chi connectivity index (χ4v) is 5.91. The number of aliphatic hydroxyl groups is 1. The first-order valence-electron chi connectivity index (χ1n) is 13.1. The number of rotatable bonds is 8. The number of amides is 2. The third kappa shape index (κ3) is 6.74. The van der Waals surface area contributed by atoms with Gasteiger partial charge in [0.05, 0.1) is 17.4 Å². The number of unbranched alkanes of at least 4 members (excludes halogenated alkanes) is 1. The third-order valence-electron chi connectivity index (χ3n) is 8.11. The summed E-state index contributed by atoms with van der Waals surface area (Å²) in [4.78, 5) is 46.5. The van der Waals surface area contributed by atoms with Crippen molar-refractivity contribution in [2.45, 2.75) is 88.9 Å². The van der Waals surface area contributed by atoms with E-state index in [1.54, 1.807) is 17.0 Å². The van der Waals surface area contributed by atoms with Gasteiger partial charge in [-0.3, -0.25) is 19.5 Å². The third-order valence-corrected chi connectivity index (χ3v) is 8.11. The van der Waals surface area contributed by atoms with E-state index in [1.165, 1.54) is 6.20 Å². The first-order chi connectivity index (χ1) is 16.9. The molecule has 2 atom stereocenters. The minimum Gasteiger partial charge on any atom is -0.478 e. The van der Waals surface area contributed by atoms with Gasteiger partial charge < -0.3 is 20.4 Å². The van der Waals surface area contributed by atoms with Gasteiger partial charge in [0.2, 0.25) is 11.8 Å². The van der Waals surface area contributed by atoms with Gasteiger partial charge in [0.1, 0.15) is 11.6 Å². The number of aromatic carboxylic acids is 1. The van der Waals surface area contributed by atoms with Gasteiger partial charge in [-0.05, 0) is 50.2 Å². The first kappa shape index (κ1) is 31.3. The van der Waals surface area contributed by atoms with Crippen LogP contribution in [0.3, 0.4) is 0 Å². The standard InChI is InChI=1S/C26H38N4O5.2ClH/c1-2-3-13-30-23(32)21(22(31)18-7-5-4-6-8-18)28-25(35)26(30)11-14-29(15-12-26)17-20-10-9-19(16-27-20)24(33)34;;/h9-10,16,18,21-22,31H,2-8,11-15,17H2,1H3,(H,28,35)(H,33,34);2*1H/t21-,22-;;/m1../s1. The number of nitrogens with zero attached hydrogens (tertiary/aromatic N) is 3. The number of halogens is 2. The number of aromatic nitrogens is 1. The van der Waals surface area contributed by atoms with E-state index in [-0.39, 0.29) is 48.1 Å². The molecule has 2 amide bonds. The van der Waals surface area contributed by atoms with E-state index in [1.807, 2.05) is 0 Å². The van der Waals surface area contributed by atoms with Crippen LogP contribution in [-0.2, 0) is 16.1 Å². The Morgan fingerprint density at radius 1 is 1.16 bits per heavy atom. The fraction of sp³-hybridized carbons (Fsp3) is 0.692. The van der Waals surface area contributed by atoms with E-state index in [4.69, 9.17) is 5.11 Å². The molecule has 3 N–H and O–H groups in total. The average Bonchev–Trinajstić information content (AvgIpc) is 2.88. The van der Waals surface area contributed by atoms with Crippen LogP contribution in [-0.4, -0.2) is 80.1 Å². The van der Waals surface area contributed by atoms with Gasteiger partial charge in [-0.1, -0.05) is 32.6 Å². The second-order valence-corrected chi connectivity index (χ2v) is 10.3. The SMILES string of the molecule is CCCCN1C(=O)[C@@H]([C@H](O)C2CCCCC2)NC(=O)C12CCN(Cc1ccc(C(=O)O)cn1)CC2.Cl.Cl. The molecule has 0 unspecified atom stereocenters. The van der Waals surface area contributed by atoms with E-state index in [2.05, 4.69) is 22.1 Å². The van der Waals surface area contributed by atoms with Crippen LogP contribution in [0.5, 0.6) is 0 Å². The van der Waals surface area contributed by atoms with Gasteiger partial charge in [0.25, 0.3) is 0 Å².